The molecule has 0 radical (unpaired) electrons. The number of unbranched alkanes of at least 4 members (excludes halogenated alkanes) is 3. The summed E-state index contributed by atoms with van der Waals surface area (Å²) in [6.45, 7) is 2.89. The van der Waals surface area contributed by atoms with Gasteiger partial charge in [0.2, 0.25) is 5.91 Å². The Morgan fingerprint density at radius 3 is 2.88 bits per heavy atom. The molecule has 0 fully saturated rings. The van der Waals surface area contributed by atoms with Gasteiger partial charge in [-0.25, -0.2) is 4.99 Å². The van der Waals surface area contributed by atoms with Gasteiger partial charge in [0.05, 0.1) is 6.04 Å². The zero-order valence-corrected chi connectivity index (χ0v) is 14.2. The number of amides is 1. The van der Waals surface area contributed by atoms with Gasteiger partial charge in [0, 0.05) is 13.0 Å². The Balaban J connectivity index is 1.64. The lowest BCUT2D eigenvalue weighted by atomic mass is 9.99. The highest BCUT2D eigenvalue weighted by molar-refractivity contribution is 5.98. The highest BCUT2D eigenvalue weighted by atomic mass is 16.1. The maximum absolute atomic E-state index is 12.0. The summed E-state index contributed by atoms with van der Waals surface area (Å²) in [6.07, 6.45) is 5.00. The van der Waals surface area contributed by atoms with Gasteiger partial charge >= 0.3 is 0 Å². The van der Waals surface area contributed by atoms with E-state index in [1.165, 1.54) is 29.2 Å². The molecular weight excluding hydrogens is 298 g/mol. The molecule has 126 valence electrons. The molecule has 24 heavy (non-hydrogen) atoms. The van der Waals surface area contributed by atoms with Crippen molar-refractivity contribution in [2.75, 3.05) is 6.54 Å². The van der Waals surface area contributed by atoms with Gasteiger partial charge in [-0.2, -0.15) is 0 Å². The van der Waals surface area contributed by atoms with Gasteiger partial charge in [0.25, 0.3) is 0 Å². The molecule has 4 nitrogen and oxygen atoms in total. The normalized spacial score (nSPS) is 16.7. The van der Waals surface area contributed by atoms with E-state index in [9.17, 15) is 4.79 Å². The van der Waals surface area contributed by atoms with Crippen LogP contribution in [0.25, 0.3) is 10.8 Å². The second-order valence-corrected chi connectivity index (χ2v) is 6.30. The number of carbonyl (C=O) groups excluding carboxylic acids is 1. The van der Waals surface area contributed by atoms with Gasteiger partial charge in [-0.05, 0) is 22.8 Å². The fourth-order valence-electron chi connectivity index (χ4n) is 3.14. The lowest BCUT2D eigenvalue weighted by Gasteiger charge is -2.09. The van der Waals surface area contributed by atoms with Crippen LogP contribution in [-0.2, 0) is 4.79 Å². The van der Waals surface area contributed by atoms with Crippen LogP contribution in [0.5, 0.6) is 0 Å². The Labute approximate surface area is 143 Å². The number of hydrogen-bond acceptors (Lipinski definition) is 3. The van der Waals surface area contributed by atoms with E-state index >= 15 is 0 Å². The van der Waals surface area contributed by atoms with Gasteiger partial charge in [-0.1, -0.05) is 68.7 Å². The molecule has 1 unspecified atom stereocenters. The molecule has 1 amide bonds. The summed E-state index contributed by atoms with van der Waals surface area (Å²) in [5, 5.41) is 8.57. The van der Waals surface area contributed by atoms with Gasteiger partial charge in [-0.3, -0.25) is 10.1 Å². The Hall–Kier alpha value is -2.36. The number of hydrogen-bond donors (Lipinski definition) is 2. The molecule has 1 aliphatic rings. The summed E-state index contributed by atoms with van der Waals surface area (Å²) >= 11 is 0. The van der Waals surface area contributed by atoms with Crippen molar-refractivity contribution in [2.45, 2.75) is 45.1 Å². The molecule has 1 heterocycles. The van der Waals surface area contributed by atoms with Crippen LogP contribution in [-0.4, -0.2) is 18.4 Å². The molecule has 2 aromatic rings. The van der Waals surface area contributed by atoms with E-state index in [-0.39, 0.29) is 11.9 Å². The third-order valence-electron chi connectivity index (χ3n) is 4.45. The smallest absolute Gasteiger partial charge is 0.226 e. The van der Waals surface area contributed by atoms with Crippen LogP contribution >= 0.6 is 0 Å². The van der Waals surface area contributed by atoms with E-state index in [4.69, 9.17) is 0 Å². The van der Waals surface area contributed by atoms with E-state index in [1.807, 2.05) is 6.07 Å². The van der Waals surface area contributed by atoms with Gasteiger partial charge in [-0.15, -0.1) is 0 Å². The second kappa shape index (κ2) is 7.95. The summed E-state index contributed by atoms with van der Waals surface area (Å²) in [6, 6.07) is 14.7. The fraction of sp³-hybridized carbons (Fsp3) is 0.400. The van der Waals surface area contributed by atoms with Crippen molar-refractivity contribution in [3.63, 3.8) is 0 Å². The number of guanidine groups is 1. The van der Waals surface area contributed by atoms with E-state index in [0.717, 1.165) is 19.4 Å². The summed E-state index contributed by atoms with van der Waals surface area (Å²) < 4.78 is 0. The fourth-order valence-corrected chi connectivity index (χ4v) is 3.14. The molecule has 1 atom stereocenters. The van der Waals surface area contributed by atoms with Crippen LogP contribution in [0.1, 0.15) is 50.6 Å². The average Bonchev–Trinajstić information content (AvgIpc) is 3.06. The molecular formula is C20H25N3O. The molecule has 2 N–H and O–H groups in total. The topological polar surface area (TPSA) is 53.5 Å². The molecule has 0 spiro atoms. The first kappa shape index (κ1) is 16.5. The second-order valence-electron chi connectivity index (χ2n) is 6.30. The highest BCUT2D eigenvalue weighted by Gasteiger charge is 2.21. The number of rotatable bonds is 6. The summed E-state index contributed by atoms with van der Waals surface area (Å²) in [5.41, 5.74) is 1.20. The monoisotopic (exact) mass is 323 g/mol. The molecule has 0 aliphatic carbocycles. The zero-order valence-electron chi connectivity index (χ0n) is 14.2. The minimum atomic E-state index is 0.0477. The number of fused-ring (bicyclic) bond motifs is 1. The van der Waals surface area contributed by atoms with Crippen LogP contribution < -0.4 is 10.6 Å². The number of benzene rings is 2. The number of aliphatic imine (C=N–C) groups is 1. The van der Waals surface area contributed by atoms with Gasteiger partial charge in [0.1, 0.15) is 0 Å². The predicted molar refractivity (Wildman–Crippen MR) is 99.0 cm³/mol. The maximum Gasteiger partial charge on any atom is 0.226 e. The van der Waals surface area contributed by atoms with Crippen molar-refractivity contribution in [3.05, 3.63) is 48.0 Å². The van der Waals surface area contributed by atoms with Crippen molar-refractivity contribution in [3.8, 4) is 0 Å². The molecule has 0 aromatic heterocycles. The summed E-state index contributed by atoms with van der Waals surface area (Å²) in [7, 11) is 0. The Morgan fingerprint density at radius 1 is 1.17 bits per heavy atom. The third-order valence-corrected chi connectivity index (χ3v) is 4.45. The minimum Gasteiger partial charge on any atom is -0.354 e. The average molecular weight is 323 g/mol. The number of carbonyl (C=O) groups is 1. The molecule has 0 bridgehead atoms. The van der Waals surface area contributed by atoms with Crippen LogP contribution in [0, 0.1) is 0 Å². The third kappa shape index (κ3) is 3.94. The number of nitrogens with one attached hydrogen (secondary N) is 2. The van der Waals surface area contributed by atoms with Crippen molar-refractivity contribution < 1.29 is 4.79 Å². The van der Waals surface area contributed by atoms with Crippen LogP contribution in [0.2, 0.25) is 0 Å². The molecule has 0 saturated carbocycles. The molecule has 3 rings (SSSR count). The van der Waals surface area contributed by atoms with Crippen molar-refractivity contribution in [2.24, 2.45) is 4.99 Å². The van der Waals surface area contributed by atoms with Gasteiger partial charge < -0.3 is 5.32 Å². The van der Waals surface area contributed by atoms with E-state index in [2.05, 4.69) is 58.9 Å². The van der Waals surface area contributed by atoms with Crippen molar-refractivity contribution in [1.82, 2.24) is 10.6 Å². The first-order chi connectivity index (χ1) is 11.8. The predicted octanol–water partition coefficient (Wildman–Crippen LogP) is 3.93. The van der Waals surface area contributed by atoms with Crippen LogP contribution in [0.3, 0.4) is 0 Å². The van der Waals surface area contributed by atoms with E-state index < -0.39 is 0 Å². The van der Waals surface area contributed by atoms with Crippen LogP contribution in [0.4, 0.5) is 0 Å². The zero-order chi connectivity index (χ0) is 16.8. The first-order valence-electron chi connectivity index (χ1n) is 8.87. The van der Waals surface area contributed by atoms with Crippen LogP contribution in [0.15, 0.2) is 47.5 Å². The Bertz CT molecular complexity index is 733. The standard InChI is InChI=1S/C20H25N3O/c1-2-3-4-5-13-19(24)23-20-21-14-18(22-20)17-12-8-10-15-9-6-7-11-16(15)17/h6-12,18H,2-5,13-14H2,1H3,(H2,21,22,23,24). The molecule has 2 aromatic carbocycles. The minimum absolute atomic E-state index is 0.0477. The lowest BCUT2D eigenvalue weighted by molar-refractivity contribution is -0.119. The first-order valence-corrected chi connectivity index (χ1v) is 8.87. The highest BCUT2D eigenvalue weighted by Crippen LogP contribution is 2.27. The number of nitrogens with zero attached hydrogens (tertiary/aromatic N) is 1. The molecule has 4 heteroatoms. The van der Waals surface area contributed by atoms with E-state index in [1.54, 1.807) is 0 Å². The van der Waals surface area contributed by atoms with Crippen molar-refractivity contribution in [1.29, 1.82) is 0 Å². The quantitative estimate of drug-likeness (QED) is 0.792. The lowest BCUT2D eigenvalue weighted by Crippen LogP contribution is -2.38. The maximum atomic E-state index is 12.0. The molecule has 0 saturated heterocycles. The summed E-state index contributed by atoms with van der Waals surface area (Å²) in [5.74, 6) is 0.657. The summed E-state index contributed by atoms with van der Waals surface area (Å²) in [4.78, 5) is 16.7. The SMILES string of the molecule is CCCCCCC(=O)NC1=NC(c2cccc3ccccc23)CN1. The Morgan fingerprint density at radius 2 is 2.00 bits per heavy atom. The largest absolute Gasteiger partial charge is 0.354 e. The van der Waals surface area contributed by atoms with Gasteiger partial charge in [0.15, 0.2) is 5.96 Å². The molecule has 1 aliphatic heterocycles. The van der Waals surface area contributed by atoms with Crippen molar-refractivity contribution >= 4 is 22.6 Å². The Kier molecular flexibility index (Phi) is 5.47. The van der Waals surface area contributed by atoms with E-state index in [0.29, 0.717) is 12.4 Å².